The zero-order valence-corrected chi connectivity index (χ0v) is 18.1. The van der Waals surface area contributed by atoms with Gasteiger partial charge in [-0.15, -0.1) is 0 Å². The lowest BCUT2D eigenvalue weighted by molar-refractivity contribution is -0.0835. The van der Waals surface area contributed by atoms with Gasteiger partial charge in [-0.25, -0.2) is 0 Å². The fourth-order valence-corrected chi connectivity index (χ4v) is 4.05. The van der Waals surface area contributed by atoms with Crippen molar-refractivity contribution in [1.82, 2.24) is 10.6 Å². The van der Waals surface area contributed by atoms with Crippen molar-refractivity contribution < 1.29 is 9.47 Å². The first-order valence-corrected chi connectivity index (χ1v) is 10.0. The summed E-state index contributed by atoms with van der Waals surface area (Å²) in [5.41, 5.74) is 1.31. The van der Waals surface area contributed by atoms with Crippen LogP contribution >= 0.6 is 15.9 Å². The molecule has 146 valence electrons. The number of rotatable bonds is 5. The quantitative estimate of drug-likeness (QED) is 0.553. The number of hydrogen-bond donors (Lipinski definition) is 2. The van der Waals surface area contributed by atoms with Gasteiger partial charge in [0.25, 0.3) is 0 Å². The lowest BCUT2D eigenvalue weighted by atomic mass is 9.78. The molecule has 5 nitrogen and oxygen atoms in total. The molecule has 26 heavy (non-hydrogen) atoms. The normalized spacial score (nSPS) is 21.4. The van der Waals surface area contributed by atoms with E-state index in [0.717, 1.165) is 41.3 Å². The van der Waals surface area contributed by atoms with E-state index in [4.69, 9.17) is 9.47 Å². The first-order chi connectivity index (χ1) is 12.3. The van der Waals surface area contributed by atoms with Crippen LogP contribution in [-0.4, -0.2) is 39.4 Å². The smallest absolute Gasteiger partial charge is 0.191 e. The van der Waals surface area contributed by atoms with E-state index in [2.05, 4.69) is 64.5 Å². The molecule has 1 aliphatic rings. The Morgan fingerprint density at radius 3 is 2.73 bits per heavy atom. The minimum Gasteiger partial charge on any atom is -0.496 e. The highest BCUT2D eigenvalue weighted by atomic mass is 79.9. The first kappa shape index (κ1) is 21.0. The number of nitrogens with one attached hydrogen (secondary N) is 2. The average Bonchev–Trinajstić information content (AvgIpc) is 2.61. The molecule has 0 spiro atoms. The van der Waals surface area contributed by atoms with Crippen LogP contribution < -0.4 is 15.4 Å². The van der Waals surface area contributed by atoms with E-state index in [9.17, 15) is 0 Å². The average molecular weight is 426 g/mol. The predicted octanol–water partition coefficient (Wildman–Crippen LogP) is 3.96. The van der Waals surface area contributed by atoms with Crippen LogP contribution in [0, 0.1) is 11.3 Å². The van der Waals surface area contributed by atoms with Gasteiger partial charge in [-0.05, 0) is 51.9 Å². The van der Waals surface area contributed by atoms with E-state index >= 15 is 0 Å². The fraction of sp³-hybridized carbons (Fsp3) is 0.650. The van der Waals surface area contributed by atoms with Crippen molar-refractivity contribution in [1.29, 1.82) is 0 Å². The number of methoxy groups -OCH3 is 1. The van der Waals surface area contributed by atoms with Crippen LogP contribution in [0.15, 0.2) is 27.7 Å². The summed E-state index contributed by atoms with van der Waals surface area (Å²) in [5.74, 6) is 2.15. The van der Waals surface area contributed by atoms with Crippen molar-refractivity contribution >= 4 is 21.9 Å². The van der Waals surface area contributed by atoms with Crippen molar-refractivity contribution in [2.75, 3.05) is 27.3 Å². The highest BCUT2D eigenvalue weighted by molar-refractivity contribution is 9.10. The lowest BCUT2D eigenvalue weighted by Gasteiger charge is -2.40. The van der Waals surface area contributed by atoms with Crippen molar-refractivity contribution in [3.8, 4) is 5.75 Å². The molecule has 1 fully saturated rings. The molecule has 6 heteroatoms. The van der Waals surface area contributed by atoms with Crippen molar-refractivity contribution in [2.45, 2.75) is 46.3 Å². The second kappa shape index (κ2) is 9.60. The van der Waals surface area contributed by atoms with Gasteiger partial charge in [-0.2, -0.15) is 0 Å². The van der Waals surface area contributed by atoms with Gasteiger partial charge < -0.3 is 20.1 Å². The third-order valence-electron chi connectivity index (χ3n) is 4.73. The van der Waals surface area contributed by atoms with Crippen LogP contribution in [0.4, 0.5) is 0 Å². The Labute approximate surface area is 166 Å². The number of nitrogens with zero attached hydrogens (tertiary/aromatic N) is 1. The number of benzene rings is 1. The molecule has 2 rings (SSSR count). The molecule has 1 heterocycles. The highest BCUT2D eigenvalue weighted by Gasteiger charge is 2.35. The van der Waals surface area contributed by atoms with Gasteiger partial charge in [0.1, 0.15) is 5.75 Å². The molecule has 0 bridgehead atoms. The summed E-state index contributed by atoms with van der Waals surface area (Å²) in [4.78, 5) is 4.35. The Morgan fingerprint density at radius 1 is 1.35 bits per heavy atom. The number of guanidine groups is 1. The van der Waals surface area contributed by atoms with Gasteiger partial charge >= 0.3 is 0 Å². The molecule has 2 unspecified atom stereocenters. The third kappa shape index (κ3) is 5.88. The Hall–Kier alpha value is -1.27. The van der Waals surface area contributed by atoms with Crippen molar-refractivity contribution in [3.63, 3.8) is 0 Å². The monoisotopic (exact) mass is 425 g/mol. The zero-order chi connectivity index (χ0) is 19.2. The lowest BCUT2D eigenvalue weighted by Crippen LogP contribution is -2.47. The van der Waals surface area contributed by atoms with Crippen molar-refractivity contribution in [2.24, 2.45) is 16.3 Å². The Kier molecular flexibility index (Phi) is 7.77. The SMILES string of the molecule is CN=C(NCc1ccc(OC)c(Br)c1)NCC1CCCOC1C(C)(C)C. The van der Waals surface area contributed by atoms with Gasteiger partial charge in [-0.3, -0.25) is 4.99 Å². The molecule has 1 aromatic rings. The van der Waals surface area contributed by atoms with E-state index in [1.54, 1.807) is 14.2 Å². The fourth-order valence-electron chi connectivity index (χ4n) is 3.46. The van der Waals surface area contributed by atoms with Gasteiger partial charge in [0.05, 0.1) is 17.7 Å². The first-order valence-electron chi connectivity index (χ1n) is 9.23. The minimum absolute atomic E-state index is 0.152. The molecule has 0 saturated carbocycles. The van der Waals surface area contributed by atoms with Crippen LogP contribution in [0.1, 0.15) is 39.2 Å². The summed E-state index contributed by atoms with van der Waals surface area (Å²) in [7, 11) is 3.47. The molecule has 1 aliphatic heterocycles. The molecule has 0 amide bonds. The predicted molar refractivity (Wildman–Crippen MR) is 111 cm³/mol. The molecule has 2 N–H and O–H groups in total. The van der Waals surface area contributed by atoms with Crippen molar-refractivity contribution in [3.05, 3.63) is 28.2 Å². The molecule has 1 aromatic carbocycles. The van der Waals surface area contributed by atoms with Gasteiger partial charge in [0.15, 0.2) is 5.96 Å². The van der Waals surface area contributed by atoms with E-state index < -0.39 is 0 Å². The number of halogens is 1. The summed E-state index contributed by atoms with van der Waals surface area (Å²) in [6.45, 7) is 9.21. The number of aliphatic imine (C=N–C) groups is 1. The topological polar surface area (TPSA) is 54.9 Å². The van der Waals surface area contributed by atoms with Crippen LogP contribution in [-0.2, 0) is 11.3 Å². The van der Waals surface area contributed by atoms with E-state index in [-0.39, 0.29) is 11.5 Å². The van der Waals surface area contributed by atoms with Crippen LogP contribution in [0.25, 0.3) is 0 Å². The van der Waals surface area contributed by atoms with Crippen LogP contribution in [0.3, 0.4) is 0 Å². The van der Waals surface area contributed by atoms with Gasteiger partial charge in [-0.1, -0.05) is 26.8 Å². The van der Waals surface area contributed by atoms with Gasteiger partial charge in [0, 0.05) is 32.7 Å². The molecular weight excluding hydrogens is 394 g/mol. The molecule has 0 aromatic heterocycles. The largest absolute Gasteiger partial charge is 0.496 e. The van der Waals surface area contributed by atoms with E-state index in [0.29, 0.717) is 12.5 Å². The molecule has 0 radical (unpaired) electrons. The molecule has 2 atom stereocenters. The maximum atomic E-state index is 6.07. The highest BCUT2D eigenvalue weighted by Crippen LogP contribution is 2.33. The standard InChI is InChI=1S/C20H32BrN3O2/c1-20(2,3)18-15(7-6-10-26-18)13-24-19(22-4)23-12-14-8-9-17(25-5)16(21)11-14/h8-9,11,15,18H,6-7,10,12-13H2,1-5H3,(H2,22,23,24). The Bertz CT molecular complexity index is 614. The zero-order valence-electron chi connectivity index (χ0n) is 16.6. The summed E-state index contributed by atoms with van der Waals surface area (Å²) < 4.78 is 12.3. The maximum Gasteiger partial charge on any atom is 0.191 e. The van der Waals surface area contributed by atoms with E-state index in [1.165, 1.54) is 6.42 Å². The van der Waals surface area contributed by atoms with Crippen LogP contribution in [0.2, 0.25) is 0 Å². The summed E-state index contributed by atoms with van der Waals surface area (Å²) in [5, 5.41) is 6.85. The Morgan fingerprint density at radius 2 is 2.12 bits per heavy atom. The third-order valence-corrected chi connectivity index (χ3v) is 5.35. The summed E-state index contributed by atoms with van der Waals surface area (Å²) >= 11 is 3.53. The number of hydrogen-bond acceptors (Lipinski definition) is 3. The van der Waals surface area contributed by atoms with E-state index in [1.807, 2.05) is 6.07 Å². The molecular formula is C20H32BrN3O2. The second-order valence-corrected chi connectivity index (χ2v) is 8.69. The molecule has 1 saturated heterocycles. The maximum absolute atomic E-state index is 6.07. The minimum atomic E-state index is 0.152. The summed E-state index contributed by atoms with van der Waals surface area (Å²) in [6.07, 6.45) is 2.60. The van der Waals surface area contributed by atoms with Gasteiger partial charge in [0.2, 0.25) is 0 Å². The Balaban J connectivity index is 1.88. The molecule has 0 aliphatic carbocycles. The number of ether oxygens (including phenoxy) is 2. The van der Waals surface area contributed by atoms with Crippen LogP contribution in [0.5, 0.6) is 5.75 Å². The second-order valence-electron chi connectivity index (χ2n) is 7.84. The summed E-state index contributed by atoms with van der Waals surface area (Å²) in [6, 6.07) is 6.07.